The van der Waals surface area contributed by atoms with Gasteiger partial charge in [-0.2, -0.15) is 13.2 Å². The van der Waals surface area contributed by atoms with E-state index < -0.39 is 49.5 Å². The van der Waals surface area contributed by atoms with Crippen molar-refractivity contribution in [2.45, 2.75) is 43.7 Å². The van der Waals surface area contributed by atoms with Crippen molar-refractivity contribution in [2.75, 3.05) is 20.2 Å². The Hall–Kier alpha value is -2.20. The zero-order valence-corrected chi connectivity index (χ0v) is 14.7. The number of piperidine rings is 1. The van der Waals surface area contributed by atoms with Crippen molar-refractivity contribution in [3.05, 3.63) is 29.8 Å². The van der Waals surface area contributed by atoms with Gasteiger partial charge in [0.1, 0.15) is 18.0 Å². The molecule has 4 heterocycles. The van der Waals surface area contributed by atoms with Crippen molar-refractivity contribution in [1.29, 1.82) is 0 Å². The van der Waals surface area contributed by atoms with Gasteiger partial charge in [0.05, 0.1) is 25.0 Å². The molecule has 1 N–H and O–H groups in total. The molecule has 152 valence electrons. The molecule has 2 aromatic heterocycles. The molecule has 4 rings (SSSR count). The van der Waals surface area contributed by atoms with Gasteiger partial charge in [-0.1, -0.05) is 0 Å². The van der Waals surface area contributed by atoms with Crippen LogP contribution in [-0.2, 0) is 11.3 Å². The molecule has 2 atom stereocenters. The predicted molar refractivity (Wildman–Crippen MR) is 92.4 cm³/mol. The summed E-state index contributed by atoms with van der Waals surface area (Å²) in [5.74, 6) is -1.44. The smallest absolute Gasteiger partial charge is 0.378 e. The molecular weight excluding hydrogens is 380 g/mol. The zero-order chi connectivity index (χ0) is 22.6. The Labute approximate surface area is 162 Å². The number of likely N-dealkylation sites (N-methyl/N-ethyl adjacent to an activating group) is 1. The van der Waals surface area contributed by atoms with Crippen LogP contribution in [0.1, 0.15) is 27.3 Å². The number of pyridine rings is 1. The molecule has 2 aliphatic rings. The summed E-state index contributed by atoms with van der Waals surface area (Å²) in [5, 5.41) is 2.75. The van der Waals surface area contributed by atoms with Gasteiger partial charge in [-0.25, -0.2) is 9.37 Å². The first-order valence-corrected chi connectivity index (χ1v) is 8.80. The summed E-state index contributed by atoms with van der Waals surface area (Å²) in [5.41, 5.74) is -0.266. The lowest BCUT2D eigenvalue weighted by molar-refractivity contribution is -0.139. The lowest BCUT2D eigenvalue weighted by Gasteiger charge is -2.46. The number of halogens is 4. The quantitative estimate of drug-likeness (QED) is 0.800. The van der Waals surface area contributed by atoms with Gasteiger partial charge in [-0.05, 0) is 25.9 Å². The third-order valence-electron chi connectivity index (χ3n) is 5.13. The third-order valence-corrected chi connectivity index (χ3v) is 5.13. The number of carbonyl (C=O) groups excluding carboxylic acids is 1. The Balaban J connectivity index is 1.57. The van der Waals surface area contributed by atoms with Gasteiger partial charge in [0.25, 0.3) is 5.91 Å². The molecule has 2 saturated heterocycles. The average Bonchev–Trinajstić information content (AvgIpc) is 2.96. The second-order valence-corrected chi connectivity index (χ2v) is 7.20. The number of carbonyl (C=O) groups is 1. The summed E-state index contributed by atoms with van der Waals surface area (Å²) in [6.07, 6.45) is -2.11. The van der Waals surface area contributed by atoms with Crippen LogP contribution >= 0.6 is 0 Å². The number of aromatic nitrogens is 2. The fourth-order valence-corrected chi connectivity index (χ4v) is 3.94. The number of nitrogens with zero attached hydrogens (tertiary/aromatic N) is 3. The summed E-state index contributed by atoms with van der Waals surface area (Å²) in [6.45, 7) is -3.24. The second kappa shape index (κ2) is 7.00. The largest absolute Gasteiger partial charge is 0.406 e. The first kappa shape index (κ1) is 15.7. The van der Waals surface area contributed by atoms with Crippen molar-refractivity contribution >= 4 is 16.9 Å². The van der Waals surface area contributed by atoms with Crippen molar-refractivity contribution in [3.8, 4) is 0 Å². The number of hydrogen-bond acceptors (Lipinski definition) is 4. The summed E-state index contributed by atoms with van der Waals surface area (Å²) < 4.78 is 81.8. The van der Waals surface area contributed by atoms with Gasteiger partial charge in [0.15, 0.2) is 0 Å². The van der Waals surface area contributed by atoms with Gasteiger partial charge < -0.3 is 14.6 Å². The molecule has 28 heavy (non-hydrogen) atoms. The number of hydrogen-bond donors (Lipinski definition) is 1. The Morgan fingerprint density at radius 3 is 2.75 bits per heavy atom. The van der Waals surface area contributed by atoms with Gasteiger partial charge in [-0.15, -0.1) is 0 Å². The predicted octanol–water partition coefficient (Wildman–Crippen LogP) is 2.33. The van der Waals surface area contributed by atoms with Crippen molar-refractivity contribution < 1.29 is 31.2 Å². The Bertz CT molecular complexity index is 981. The maximum Gasteiger partial charge on any atom is 0.406 e. The van der Waals surface area contributed by atoms with Crippen LogP contribution in [0.15, 0.2) is 18.5 Å². The molecule has 0 spiro atoms. The minimum atomic E-state index is -4.55. The molecule has 2 bridgehead atoms. The van der Waals surface area contributed by atoms with Crippen LogP contribution in [-0.4, -0.2) is 64.8 Å². The van der Waals surface area contributed by atoms with Crippen LogP contribution in [0.2, 0.25) is 0 Å². The molecule has 10 heteroatoms. The van der Waals surface area contributed by atoms with Gasteiger partial charge in [-0.3, -0.25) is 9.69 Å². The number of morpholine rings is 1. The number of ether oxygens (including phenoxy) is 1. The number of alkyl halides is 3. The maximum atomic E-state index is 13.7. The summed E-state index contributed by atoms with van der Waals surface area (Å²) in [4.78, 5) is 18.0. The first-order chi connectivity index (χ1) is 14.4. The monoisotopic (exact) mass is 403 g/mol. The van der Waals surface area contributed by atoms with Gasteiger partial charge in [0.2, 0.25) is 0 Å². The molecule has 6 nitrogen and oxygen atoms in total. The van der Waals surface area contributed by atoms with Gasteiger partial charge in [0, 0.05) is 33.8 Å². The van der Waals surface area contributed by atoms with Crippen molar-refractivity contribution in [2.24, 2.45) is 0 Å². The number of nitrogens with one attached hydrogen (secondary N) is 1. The lowest BCUT2D eigenvalue weighted by atomic mass is 9.90. The highest BCUT2D eigenvalue weighted by molar-refractivity contribution is 6.06. The van der Waals surface area contributed by atoms with E-state index in [0.29, 0.717) is 12.8 Å². The molecule has 2 aliphatic heterocycles. The van der Waals surface area contributed by atoms with E-state index in [0.717, 1.165) is 23.0 Å². The highest BCUT2D eigenvalue weighted by atomic mass is 19.4. The molecule has 0 radical (unpaired) electrons. The minimum Gasteiger partial charge on any atom is -0.378 e. The standard InChI is InChI=1S/C18H20F4N4O2/c1-25-12-3-11(4-13(25)8-28-7-12)24-17(27)15-6-26(9-18(20,21)22)16-14(15)2-10(19)5-23-16/h2,5-6,11-13H,3-4,7-9H2,1H3,(H,24,27)/i1D3. The zero-order valence-electron chi connectivity index (χ0n) is 17.7. The van der Waals surface area contributed by atoms with Crippen LogP contribution in [0.5, 0.6) is 0 Å². The van der Waals surface area contributed by atoms with Gasteiger partial charge >= 0.3 is 6.18 Å². The van der Waals surface area contributed by atoms with E-state index in [2.05, 4.69) is 10.3 Å². The highest BCUT2D eigenvalue weighted by Crippen LogP contribution is 2.28. The highest BCUT2D eigenvalue weighted by Gasteiger charge is 2.37. The fraction of sp³-hybridized carbons (Fsp3) is 0.556. The van der Waals surface area contributed by atoms with Crippen LogP contribution in [0.4, 0.5) is 17.6 Å². The Morgan fingerprint density at radius 2 is 2.11 bits per heavy atom. The Kier molecular flexibility index (Phi) is 3.92. The van der Waals surface area contributed by atoms with E-state index in [4.69, 9.17) is 8.85 Å². The molecule has 0 saturated carbocycles. The summed E-state index contributed by atoms with van der Waals surface area (Å²) >= 11 is 0. The van der Waals surface area contributed by atoms with E-state index in [9.17, 15) is 22.4 Å². The summed E-state index contributed by atoms with van der Waals surface area (Å²) in [7, 11) is 0. The lowest BCUT2D eigenvalue weighted by Crippen LogP contribution is -2.59. The molecule has 0 aliphatic carbocycles. The summed E-state index contributed by atoms with van der Waals surface area (Å²) in [6, 6.07) is -0.260. The second-order valence-electron chi connectivity index (χ2n) is 7.20. The number of amides is 1. The van der Waals surface area contributed by atoms with Crippen molar-refractivity contribution in [3.63, 3.8) is 0 Å². The molecule has 0 aromatic carbocycles. The molecular formula is C18H20F4N4O2. The third kappa shape index (κ3) is 3.70. The van der Waals surface area contributed by atoms with E-state index in [1.165, 1.54) is 4.90 Å². The van der Waals surface area contributed by atoms with Crippen LogP contribution in [0.3, 0.4) is 0 Å². The average molecular weight is 403 g/mol. The van der Waals surface area contributed by atoms with Crippen LogP contribution < -0.4 is 5.32 Å². The minimum absolute atomic E-state index is 0.0230. The van der Waals surface area contributed by atoms with E-state index >= 15 is 0 Å². The SMILES string of the molecule is [2H]C([2H])([2H])N1C2COCC1CC(NC(=O)c1cn(CC(F)(F)F)c3ncc(F)cc13)C2. The normalized spacial score (nSPS) is 27.9. The molecule has 2 aromatic rings. The maximum absolute atomic E-state index is 13.7. The van der Waals surface area contributed by atoms with Crippen LogP contribution in [0, 0.1) is 5.82 Å². The molecule has 2 unspecified atom stereocenters. The fourth-order valence-electron chi connectivity index (χ4n) is 3.94. The van der Waals surface area contributed by atoms with E-state index in [1.807, 2.05) is 0 Å². The number of rotatable bonds is 3. The molecule has 2 fully saturated rings. The van der Waals surface area contributed by atoms with Crippen molar-refractivity contribution in [1.82, 2.24) is 19.8 Å². The molecule has 1 amide bonds. The first-order valence-electron chi connectivity index (χ1n) is 10.3. The Morgan fingerprint density at radius 1 is 1.39 bits per heavy atom. The number of fused-ring (bicyclic) bond motifs is 3. The van der Waals surface area contributed by atoms with E-state index in [-0.39, 0.29) is 29.8 Å². The van der Waals surface area contributed by atoms with Crippen LogP contribution in [0.25, 0.3) is 11.0 Å². The topological polar surface area (TPSA) is 59.4 Å². The van der Waals surface area contributed by atoms with E-state index in [1.54, 1.807) is 0 Å².